The minimum atomic E-state index is 0. The van der Waals surface area contributed by atoms with Crippen LogP contribution in [0.5, 0.6) is 0 Å². The third kappa shape index (κ3) is 4.39. The van der Waals surface area contributed by atoms with E-state index in [4.69, 9.17) is 4.74 Å². The molecule has 1 amide bonds. The van der Waals surface area contributed by atoms with E-state index >= 15 is 0 Å². The lowest BCUT2D eigenvalue weighted by Crippen LogP contribution is -2.52. The minimum absolute atomic E-state index is 0. The topological polar surface area (TPSA) is 41.6 Å². The molecule has 1 aliphatic heterocycles. The SMILES string of the molecule is CCC1COC(C)CN1C(=O)CNc1ccccc1.Cl. The van der Waals surface area contributed by atoms with Crippen LogP contribution in [-0.2, 0) is 9.53 Å². The van der Waals surface area contributed by atoms with E-state index in [1.165, 1.54) is 0 Å². The molecule has 2 unspecified atom stereocenters. The van der Waals surface area contributed by atoms with Gasteiger partial charge in [-0.3, -0.25) is 4.79 Å². The van der Waals surface area contributed by atoms with Crippen LogP contribution >= 0.6 is 12.4 Å². The number of nitrogens with one attached hydrogen (secondary N) is 1. The predicted octanol–water partition coefficient (Wildman–Crippen LogP) is 2.55. The second-order valence-electron chi connectivity index (χ2n) is 4.97. The summed E-state index contributed by atoms with van der Waals surface area (Å²) < 4.78 is 5.61. The number of rotatable bonds is 4. The van der Waals surface area contributed by atoms with Crippen LogP contribution in [0.2, 0.25) is 0 Å². The molecule has 0 aromatic heterocycles. The molecule has 5 heteroatoms. The number of halogens is 1. The van der Waals surface area contributed by atoms with Crippen molar-refractivity contribution in [3.63, 3.8) is 0 Å². The molecule has 1 N–H and O–H groups in total. The van der Waals surface area contributed by atoms with Gasteiger partial charge in [0, 0.05) is 12.2 Å². The number of hydrogen-bond acceptors (Lipinski definition) is 3. The molecule has 0 bridgehead atoms. The Balaban J connectivity index is 0.00000200. The minimum Gasteiger partial charge on any atom is -0.376 e. The largest absolute Gasteiger partial charge is 0.376 e. The number of carbonyl (C=O) groups is 1. The molecule has 20 heavy (non-hydrogen) atoms. The quantitative estimate of drug-likeness (QED) is 0.929. The van der Waals surface area contributed by atoms with Gasteiger partial charge in [-0.1, -0.05) is 25.1 Å². The highest BCUT2D eigenvalue weighted by molar-refractivity contribution is 5.85. The highest BCUT2D eigenvalue weighted by atomic mass is 35.5. The van der Waals surface area contributed by atoms with Crippen molar-refractivity contribution in [3.8, 4) is 0 Å². The molecule has 1 aliphatic rings. The van der Waals surface area contributed by atoms with E-state index in [1.807, 2.05) is 42.2 Å². The average Bonchev–Trinajstić information content (AvgIpc) is 2.46. The summed E-state index contributed by atoms with van der Waals surface area (Å²) in [4.78, 5) is 14.2. The lowest BCUT2D eigenvalue weighted by molar-refractivity contribution is -0.142. The van der Waals surface area contributed by atoms with Crippen molar-refractivity contribution in [2.45, 2.75) is 32.4 Å². The van der Waals surface area contributed by atoms with Crippen molar-refractivity contribution in [1.29, 1.82) is 0 Å². The van der Waals surface area contributed by atoms with Gasteiger partial charge >= 0.3 is 0 Å². The van der Waals surface area contributed by atoms with Gasteiger partial charge < -0.3 is 15.0 Å². The Kier molecular flexibility index (Phi) is 6.82. The average molecular weight is 299 g/mol. The maximum absolute atomic E-state index is 12.3. The highest BCUT2D eigenvalue weighted by Crippen LogP contribution is 2.15. The molecule has 1 aromatic carbocycles. The first-order valence-corrected chi connectivity index (χ1v) is 6.90. The molecule has 4 nitrogen and oxygen atoms in total. The van der Waals surface area contributed by atoms with Gasteiger partial charge in [-0.05, 0) is 25.5 Å². The molecule has 1 heterocycles. The van der Waals surface area contributed by atoms with Gasteiger partial charge in [0.2, 0.25) is 5.91 Å². The zero-order valence-corrected chi connectivity index (χ0v) is 12.9. The maximum atomic E-state index is 12.3. The second-order valence-corrected chi connectivity index (χ2v) is 4.97. The molecule has 112 valence electrons. The third-order valence-electron chi connectivity index (χ3n) is 3.48. The Morgan fingerprint density at radius 1 is 1.40 bits per heavy atom. The van der Waals surface area contributed by atoms with Gasteiger partial charge in [-0.2, -0.15) is 0 Å². The number of para-hydroxylation sites is 1. The van der Waals surface area contributed by atoms with Crippen molar-refractivity contribution in [1.82, 2.24) is 4.90 Å². The van der Waals surface area contributed by atoms with Crippen LogP contribution in [0.1, 0.15) is 20.3 Å². The summed E-state index contributed by atoms with van der Waals surface area (Å²) >= 11 is 0. The second kappa shape index (κ2) is 8.12. The summed E-state index contributed by atoms with van der Waals surface area (Å²) in [6.07, 6.45) is 1.06. The number of morpholine rings is 1. The summed E-state index contributed by atoms with van der Waals surface area (Å²) in [6.45, 7) is 5.78. The molecule has 1 saturated heterocycles. The van der Waals surface area contributed by atoms with Gasteiger partial charge in [-0.15, -0.1) is 12.4 Å². The number of hydrogen-bond donors (Lipinski definition) is 1. The van der Waals surface area contributed by atoms with Crippen LogP contribution in [0.4, 0.5) is 5.69 Å². The molecule has 0 aliphatic carbocycles. The lowest BCUT2D eigenvalue weighted by Gasteiger charge is -2.38. The number of nitrogens with zero attached hydrogens (tertiary/aromatic N) is 1. The van der Waals surface area contributed by atoms with Gasteiger partial charge in [0.1, 0.15) is 0 Å². The van der Waals surface area contributed by atoms with Crippen LogP contribution in [0.15, 0.2) is 30.3 Å². The summed E-state index contributed by atoms with van der Waals surface area (Å²) in [5.74, 6) is 0.144. The van der Waals surface area contributed by atoms with E-state index in [2.05, 4.69) is 12.2 Å². The first kappa shape index (κ1) is 16.8. The van der Waals surface area contributed by atoms with Crippen LogP contribution in [0.25, 0.3) is 0 Å². The molecule has 2 atom stereocenters. The lowest BCUT2D eigenvalue weighted by atomic mass is 10.1. The van der Waals surface area contributed by atoms with Crippen molar-refractivity contribution in [2.24, 2.45) is 0 Å². The van der Waals surface area contributed by atoms with E-state index in [-0.39, 0.29) is 30.5 Å². The zero-order valence-electron chi connectivity index (χ0n) is 12.0. The van der Waals surface area contributed by atoms with E-state index < -0.39 is 0 Å². The molecule has 2 rings (SSSR count). The van der Waals surface area contributed by atoms with E-state index in [0.29, 0.717) is 19.7 Å². The van der Waals surface area contributed by atoms with E-state index in [0.717, 1.165) is 12.1 Å². The van der Waals surface area contributed by atoms with E-state index in [1.54, 1.807) is 0 Å². The van der Waals surface area contributed by atoms with Crippen molar-refractivity contribution < 1.29 is 9.53 Å². The molecule has 1 aromatic rings. The Labute approximate surface area is 126 Å². The van der Waals surface area contributed by atoms with Crippen LogP contribution in [-0.4, -0.2) is 42.6 Å². The Bertz CT molecular complexity index is 414. The smallest absolute Gasteiger partial charge is 0.242 e. The monoisotopic (exact) mass is 298 g/mol. The van der Waals surface area contributed by atoms with Crippen molar-refractivity contribution in [3.05, 3.63) is 30.3 Å². The summed E-state index contributed by atoms with van der Waals surface area (Å²) in [7, 11) is 0. The highest BCUT2D eigenvalue weighted by Gasteiger charge is 2.28. The Morgan fingerprint density at radius 3 is 2.75 bits per heavy atom. The number of anilines is 1. The number of carbonyl (C=O) groups excluding carboxylic acids is 1. The number of benzene rings is 1. The molecule has 0 radical (unpaired) electrons. The summed E-state index contributed by atoms with van der Waals surface area (Å²) in [6, 6.07) is 10.0. The molecule has 0 saturated carbocycles. The van der Waals surface area contributed by atoms with Gasteiger partial charge in [0.05, 0.1) is 25.3 Å². The van der Waals surface area contributed by atoms with Crippen molar-refractivity contribution >= 4 is 24.0 Å². The Hall–Kier alpha value is -1.26. The molecule has 1 fully saturated rings. The third-order valence-corrected chi connectivity index (χ3v) is 3.48. The Morgan fingerprint density at radius 2 is 2.10 bits per heavy atom. The van der Waals surface area contributed by atoms with E-state index in [9.17, 15) is 4.79 Å². The first-order chi connectivity index (χ1) is 9.20. The number of ether oxygens (including phenoxy) is 1. The standard InChI is InChI=1S/C15H22N2O2.ClH/c1-3-14-11-19-12(2)10-17(14)15(18)9-16-13-7-5-4-6-8-13;/h4-8,12,14,16H,3,9-11H2,1-2H3;1H. The van der Waals surface area contributed by atoms with Gasteiger partial charge in [-0.25, -0.2) is 0 Å². The zero-order chi connectivity index (χ0) is 13.7. The van der Waals surface area contributed by atoms with Crippen LogP contribution in [0, 0.1) is 0 Å². The maximum Gasteiger partial charge on any atom is 0.242 e. The fraction of sp³-hybridized carbons (Fsp3) is 0.533. The first-order valence-electron chi connectivity index (χ1n) is 6.90. The normalized spacial score (nSPS) is 22.0. The number of amides is 1. The molecular formula is C15H23ClN2O2. The predicted molar refractivity (Wildman–Crippen MR) is 83.4 cm³/mol. The van der Waals surface area contributed by atoms with Gasteiger partial charge in [0.15, 0.2) is 0 Å². The summed E-state index contributed by atoms with van der Waals surface area (Å²) in [5.41, 5.74) is 0.977. The van der Waals surface area contributed by atoms with Crippen LogP contribution in [0.3, 0.4) is 0 Å². The molecule has 0 spiro atoms. The van der Waals surface area contributed by atoms with Crippen LogP contribution < -0.4 is 5.32 Å². The summed E-state index contributed by atoms with van der Waals surface area (Å²) in [5, 5.41) is 3.17. The fourth-order valence-corrected chi connectivity index (χ4v) is 2.32. The van der Waals surface area contributed by atoms with Gasteiger partial charge in [0.25, 0.3) is 0 Å². The fourth-order valence-electron chi connectivity index (χ4n) is 2.32. The molecular weight excluding hydrogens is 276 g/mol. The van der Waals surface area contributed by atoms with Crippen molar-refractivity contribution in [2.75, 3.05) is 25.0 Å².